The van der Waals surface area contributed by atoms with Crippen molar-refractivity contribution >= 4 is 32.4 Å². The zero-order valence-corrected chi connectivity index (χ0v) is 12.5. The van der Waals surface area contributed by atoms with E-state index in [0.29, 0.717) is 12.6 Å². The van der Waals surface area contributed by atoms with Crippen LogP contribution in [0.15, 0.2) is 18.2 Å². The largest absolute Gasteiger partial charge is 0.399 e. The van der Waals surface area contributed by atoms with Gasteiger partial charge in [-0.1, -0.05) is 18.3 Å². The van der Waals surface area contributed by atoms with Crippen LogP contribution in [0, 0.1) is 0 Å². The van der Waals surface area contributed by atoms with E-state index in [2.05, 4.69) is 18.7 Å². The quantitative estimate of drug-likeness (QED) is 0.825. The molecular weight excluding hydrogens is 258 g/mol. The van der Waals surface area contributed by atoms with E-state index in [1.165, 1.54) is 0 Å². The maximum absolute atomic E-state index is 5.82. The lowest BCUT2D eigenvalue weighted by molar-refractivity contribution is 0.203. The molecule has 0 amide bonds. The minimum atomic E-state index is 0.452. The number of anilines is 2. The molecule has 1 unspecified atom stereocenters. The van der Waals surface area contributed by atoms with Crippen molar-refractivity contribution < 1.29 is 4.74 Å². The highest BCUT2D eigenvalue weighted by atomic mass is 32.1. The van der Waals surface area contributed by atoms with Crippen LogP contribution >= 0.6 is 11.3 Å². The van der Waals surface area contributed by atoms with Gasteiger partial charge in [0.2, 0.25) is 0 Å². The highest BCUT2D eigenvalue weighted by Crippen LogP contribution is 2.31. The molecule has 104 valence electrons. The Morgan fingerprint density at radius 2 is 2.26 bits per heavy atom. The number of aromatic nitrogens is 1. The molecule has 4 nitrogen and oxygen atoms in total. The van der Waals surface area contributed by atoms with E-state index < -0.39 is 0 Å². The average molecular weight is 279 g/mol. The molecule has 0 saturated carbocycles. The molecule has 19 heavy (non-hydrogen) atoms. The summed E-state index contributed by atoms with van der Waals surface area (Å²) in [6.45, 7) is 5.98. The Morgan fingerprint density at radius 1 is 1.47 bits per heavy atom. The molecule has 0 aliphatic rings. The smallest absolute Gasteiger partial charge is 0.186 e. The molecule has 1 atom stereocenters. The maximum Gasteiger partial charge on any atom is 0.186 e. The van der Waals surface area contributed by atoms with Gasteiger partial charge < -0.3 is 15.4 Å². The number of methoxy groups -OCH3 is 1. The molecule has 1 heterocycles. The number of ether oxygens (including phenoxy) is 1. The normalized spacial score (nSPS) is 12.8. The van der Waals surface area contributed by atoms with Gasteiger partial charge in [0.25, 0.3) is 0 Å². The summed E-state index contributed by atoms with van der Waals surface area (Å²) in [6.07, 6.45) is 1.09. The van der Waals surface area contributed by atoms with Crippen molar-refractivity contribution in [2.75, 3.05) is 30.9 Å². The van der Waals surface area contributed by atoms with Gasteiger partial charge in [0.15, 0.2) is 5.13 Å². The molecule has 0 bridgehead atoms. The van der Waals surface area contributed by atoms with Crippen molar-refractivity contribution in [3.05, 3.63) is 18.2 Å². The Bertz CT molecular complexity index is 540. The van der Waals surface area contributed by atoms with E-state index >= 15 is 0 Å². The number of thiazole rings is 1. The predicted octanol–water partition coefficient (Wildman–Crippen LogP) is 3.13. The fraction of sp³-hybridized carbons (Fsp3) is 0.500. The van der Waals surface area contributed by atoms with E-state index in [-0.39, 0.29) is 0 Å². The first-order valence-corrected chi connectivity index (χ1v) is 7.39. The summed E-state index contributed by atoms with van der Waals surface area (Å²) in [6, 6.07) is 6.32. The van der Waals surface area contributed by atoms with Gasteiger partial charge in [-0.15, -0.1) is 0 Å². The molecule has 0 saturated heterocycles. The second-order valence-electron chi connectivity index (χ2n) is 4.67. The lowest BCUT2D eigenvalue weighted by Gasteiger charge is -2.27. The molecular formula is C14H21N3OS. The second kappa shape index (κ2) is 6.21. The summed E-state index contributed by atoms with van der Waals surface area (Å²) in [5, 5.41) is 1.05. The van der Waals surface area contributed by atoms with Crippen molar-refractivity contribution in [1.82, 2.24) is 4.98 Å². The van der Waals surface area contributed by atoms with Crippen LogP contribution in [0.4, 0.5) is 10.8 Å². The van der Waals surface area contributed by atoms with Crippen LogP contribution in [0.2, 0.25) is 0 Å². The Balaban J connectivity index is 2.32. The number of fused-ring (bicyclic) bond motifs is 1. The summed E-state index contributed by atoms with van der Waals surface area (Å²) in [5.74, 6) is 0. The van der Waals surface area contributed by atoms with Gasteiger partial charge in [0, 0.05) is 25.4 Å². The predicted molar refractivity (Wildman–Crippen MR) is 83.0 cm³/mol. The third-order valence-corrected chi connectivity index (χ3v) is 4.36. The topological polar surface area (TPSA) is 51.4 Å². The zero-order valence-electron chi connectivity index (χ0n) is 11.7. The van der Waals surface area contributed by atoms with Crippen molar-refractivity contribution in [3.63, 3.8) is 0 Å². The van der Waals surface area contributed by atoms with Crippen LogP contribution in [-0.2, 0) is 4.74 Å². The SMILES string of the molecule is CCC(C)N(CCOC)c1nc2ccc(N)cc2s1. The molecule has 2 aromatic rings. The molecule has 2 N–H and O–H groups in total. The molecule has 0 radical (unpaired) electrons. The number of nitrogens with zero attached hydrogens (tertiary/aromatic N) is 2. The number of hydrogen-bond donors (Lipinski definition) is 1. The number of hydrogen-bond acceptors (Lipinski definition) is 5. The van der Waals surface area contributed by atoms with Crippen LogP contribution in [0.25, 0.3) is 10.2 Å². The molecule has 1 aromatic heterocycles. The molecule has 0 aliphatic carbocycles. The van der Waals surface area contributed by atoms with E-state index in [1.807, 2.05) is 18.2 Å². The first-order chi connectivity index (χ1) is 9.15. The molecule has 0 aliphatic heterocycles. The fourth-order valence-electron chi connectivity index (χ4n) is 1.97. The third-order valence-electron chi connectivity index (χ3n) is 3.31. The van der Waals surface area contributed by atoms with Crippen LogP contribution in [-0.4, -0.2) is 31.3 Å². The van der Waals surface area contributed by atoms with Crippen LogP contribution in [0.3, 0.4) is 0 Å². The summed E-state index contributed by atoms with van der Waals surface area (Å²) in [5.41, 5.74) is 7.62. The molecule has 0 spiro atoms. The van der Waals surface area contributed by atoms with Crippen LogP contribution in [0.5, 0.6) is 0 Å². The van der Waals surface area contributed by atoms with E-state index in [9.17, 15) is 0 Å². The minimum absolute atomic E-state index is 0.452. The zero-order chi connectivity index (χ0) is 13.8. The van der Waals surface area contributed by atoms with Gasteiger partial charge in [0.1, 0.15) is 0 Å². The summed E-state index contributed by atoms with van der Waals surface area (Å²) in [7, 11) is 1.73. The second-order valence-corrected chi connectivity index (χ2v) is 5.68. The lowest BCUT2D eigenvalue weighted by Crippen LogP contribution is -2.35. The number of nitrogens with two attached hydrogens (primary N) is 1. The Morgan fingerprint density at radius 3 is 2.95 bits per heavy atom. The van der Waals surface area contributed by atoms with Crippen LogP contribution < -0.4 is 10.6 Å². The number of rotatable bonds is 6. The molecule has 0 fully saturated rings. The van der Waals surface area contributed by atoms with E-state index in [0.717, 1.165) is 34.0 Å². The summed E-state index contributed by atoms with van der Waals surface area (Å²) in [4.78, 5) is 7.02. The van der Waals surface area contributed by atoms with E-state index in [4.69, 9.17) is 15.5 Å². The van der Waals surface area contributed by atoms with Gasteiger partial charge in [0.05, 0.1) is 16.8 Å². The highest BCUT2D eigenvalue weighted by molar-refractivity contribution is 7.22. The fourth-order valence-corrected chi connectivity index (χ4v) is 3.11. The monoisotopic (exact) mass is 279 g/mol. The Labute approximate surface area is 118 Å². The van der Waals surface area contributed by atoms with Crippen molar-refractivity contribution in [2.45, 2.75) is 26.3 Å². The maximum atomic E-state index is 5.82. The van der Waals surface area contributed by atoms with Gasteiger partial charge in [-0.25, -0.2) is 4.98 Å². The van der Waals surface area contributed by atoms with Crippen LogP contribution in [0.1, 0.15) is 20.3 Å². The van der Waals surface area contributed by atoms with E-state index in [1.54, 1.807) is 18.4 Å². The first kappa shape index (κ1) is 14.1. The average Bonchev–Trinajstić information content (AvgIpc) is 2.81. The Hall–Kier alpha value is -1.33. The first-order valence-electron chi connectivity index (χ1n) is 6.57. The van der Waals surface area contributed by atoms with Crippen molar-refractivity contribution in [1.29, 1.82) is 0 Å². The lowest BCUT2D eigenvalue weighted by atomic mass is 10.2. The summed E-state index contributed by atoms with van der Waals surface area (Å²) < 4.78 is 6.34. The number of nitrogen functional groups attached to an aromatic ring is 1. The molecule has 5 heteroatoms. The van der Waals surface area contributed by atoms with Gasteiger partial charge in [-0.2, -0.15) is 0 Å². The van der Waals surface area contributed by atoms with Gasteiger partial charge >= 0.3 is 0 Å². The van der Waals surface area contributed by atoms with Crippen molar-refractivity contribution in [3.8, 4) is 0 Å². The third kappa shape index (κ3) is 3.16. The highest BCUT2D eigenvalue weighted by Gasteiger charge is 2.17. The van der Waals surface area contributed by atoms with Gasteiger partial charge in [-0.05, 0) is 31.5 Å². The Kier molecular flexibility index (Phi) is 4.61. The minimum Gasteiger partial charge on any atom is -0.399 e. The standard InChI is InChI=1S/C14H21N3OS/c1-4-10(2)17(7-8-18-3)14-16-12-6-5-11(15)9-13(12)19-14/h5-6,9-10H,4,7-8,15H2,1-3H3. The number of benzene rings is 1. The van der Waals surface area contributed by atoms with Crippen molar-refractivity contribution in [2.24, 2.45) is 0 Å². The molecule has 2 rings (SSSR count). The summed E-state index contributed by atoms with van der Waals surface area (Å²) >= 11 is 1.69. The molecule has 1 aromatic carbocycles. The van der Waals surface area contributed by atoms with Gasteiger partial charge in [-0.3, -0.25) is 0 Å².